The van der Waals surface area contributed by atoms with Gasteiger partial charge in [-0.05, 0) is 42.8 Å². The Bertz CT molecular complexity index is 599. The largest absolute Gasteiger partial charge is 0.112 e. The Morgan fingerprint density at radius 3 is 1.13 bits per heavy atom. The first kappa shape index (κ1) is 17.7. The quantitative estimate of drug-likeness (QED) is 0.618. The number of rotatable bonds is 5. The van der Waals surface area contributed by atoms with Gasteiger partial charge in [-0.3, -0.25) is 0 Å². The Labute approximate surface area is 146 Å². The molecule has 0 N–H and O–H groups in total. The van der Waals surface area contributed by atoms with Gasteiger partial charge in [0, 0.05) is 0 Å². The molecule has 0 spiro atoms. The van der Waals surface area contributed by atoms with Gasteiger partial charge >= 0.3 is 0 Å². The summed E-state index contributed by atoms with van der Waals surface area (Å²) in [5.74, 6) is 0. The van der Waals surface area contributed by atoms with Gasteiger partial charge in [0.2, 0.25) is 0 Å². The van der Waals surface area contributed by atoms with Crippen molar-refractivity contribution in [3.8, 4) is 0 Å². The standard InChI is InChI=1S/C21H22P.ClH2/c1-2-18-22(19-12-6-3-7-13-19,20-14-8-4-9-15-20)21-16-10-5-11-17-21;/h3-17H,2,18H2,1H3;1H2/q2*+1. The van der Waals surface area contributed by atoms with E-state index in [1.54, 1.807) is 0 Å². The van der Waals surface area contributed by atoms with Crippen LogP contribution in [0, 0.1) is 12.4 Å². The van der Waals surface area contributed by atoms with E-state index < -0.39 is 7.26 Å². The summed E-state index contributed by atoms with van der Waals surface area (Å²) < 4.78 is 0. The summed E-state index contributed by atoms with van der Waals surface area (Å²) in [4.78, 5) is 0. The highest BCUT2D eigenvalue weighted by Crippen LogP contribution is 2.55. The van der Waals surface area contributed by atoms with Gasteiger partial charge in [0.05, 0.1) is 18.6 Å². The van der Waals surface area contributed by atoms with Crippen molar-refractivity contribution < 1.29 is 12.4 Å². The maximum Gasteiger partial charge on any atom is 0.112 e. The minimum Gasteiger partial charge on any atom is -0.0620 e. The molecule has 23 heavy (non-hydrogen) atoms. The maximum atomic E-state index is 2.31. The summed E-state index contributed by atoms with van der Waals surface area (Å²) in [5.41, 5.74) is 0. The van der Waals surface area contributed by atoms with Crippen LogP contribution in [0.25, 0.3) is 0 Å². The van der Waals surface area contributed by atoms with Crippen molar-refractivity contribution in [2.45, 2.75) is 13.3 Å². The van der Waals surface area contributed by atoms with Gasteiger partial charge < -0.3 is 0 Å². The lowest BCUT2D eigenvalue weighted by Gasteiger charge is -2.27. The smallest absolute Gasteiger partial charge is 0.0620 e. The molecule has 3 aromatic rings. The molecule has 0 aromatic heterocycles. The molecule has 0 unspecified atom stereocenters. The molecule has 0 nitrogen and oxygen atoms in total. The Morgan fingerprint density at radius 2 is 0.870 bits per heavy atom. The molecule has 0 aliphatic rings. The highest BCUT2D eigenvalue weighted by Gasteiger charge is 2.43. The third-order valence-corrected chi connectivity index (χ3v) is 8.81. The summed E-state index contributed by atoms with van der Waals surface area (Å²) in [5, 5.41) is 4.44. The molecule has 0 heterocycles. The molecular weight excluding hydrogens is 319 g/mol. The van der Waals surface area contributed by atoms with Gasteiger partial charge in [-0.1, -0.05) is 61.5 Å². The fraction of sp³-hybridized carbons (Fsp3) is 0.143. The van der Waals surface area contributed by atoms with Crippen LogP contribution in [-0.4, -0.2) is 6.16 Å². The van der Waals surface area contributed by atoms with Gasteiger partial charge in [0.25, 0.3) is 0 Å². The molecular formula is C21H24ClP+2. The van der Waals surface area contributed by atoms with E-state index in [1.165, 1.54) is 28.5 Å². The van der Waals surface area contributed by atoms with Gasteiger partial charge in [-0.25, -0.2) is 0 Å². The lowest BCUT2D eigenvalue weighted by molar-refractivity contribution is -0.00000433. The molecule has 0 radical (unpaired) electrons. The fourth-order valence-electron chi connectivity index (χ4n) is 3.22. The predicted molar refractivity (Wildman–Crippen MR) is 103 cm³/mol. The van der Waals surface area contributed by atoms with Crippen molar-refractivity contribution >= 4 is 23.2 Å². The molecule has 3 rings (SSSR count). The monoisotopic (exact) mass is 342 g/mol. The third kappa shape index (κ3) is 3.50. The Balaban J connectivity index is 0.00000192. The van der Waals surface area contributed by atoms with Crippen LogP contribution in [-0.2, 0) is 0 Å². The second kappa shape index (κ2) is 8.29. The van der Waals surface area contributed by atoms with E-state index in [-0.39, 0.29) is 12.4 Å². The molecule has 0 atom stereocenters. The van der Waals surface area contributed by atoms with Crippen molar-refractivity contribution in [2.24, 2.45) is 0 Å². The van der Waals surface area contributed by atoms with Crippen LogP contribution in [0.1, 0.15) is 13.3 Å². The zero-order valence-corrected chi connectivity index (χ0v) is 15.3. The highest BCUT2D eigenvalue weighted by atomic mass is 35.5. The minimum absolute atomic E-state index is 0. The topological polar surface area (TPSA) is 0 Å². The second-order valence-corrected chi connectivity index (χ2v) is 9.16. The molecule has 118 valence electrons. The molecule has 0 saturated carbocycles. The lowest BCUT2D eigenvalue weighted by atomic mass is 10.4. The summed E-state index contributed by atoms with van der Waals surface area (Å²) in [6.07, 6.45) is 2.40. The summed E-state index contributed by atoms with van der Waals surface area (Å²) in [6.45, 7) is 2.30. The van der Waals surface area contributed by atoms with E-state index in [0.29, 0.717) is 0 Å². The molecule has 0 aliphatic heterocycles. The van der Waals surface area contributed by atoms with Crippen LogP contribution in [0.2, 0.25) is 0 Å². The van der Waals surface area contributed by atoms with E-state index in [9.17, 15) is 0 Å². The zero-order valence-electron chi connectivity index (χ0n) is 13.5. The molecule has 2 heteroatoms. The van der Waals surface area contributed by atoms with Crippen LogP contribution in [0.15, 0.2) is 91.0 Å². The molecule has 0 amide bonds. The second-order valence-electron chi connectivity index (χ2n) is 5.54. The number of hydrogen-bond acceptors (Lipinski definition) is 0. The number of halogens is 1. The summed E-state index contributed by atoms with van der Waals surface area (Å²) in [7, 11) is -1.55. The van der Waals surface area contributed by atoms with Crippen molar-refractivity contribution in [1.82, 2.24) is 0 Å². The molecule has 0 bridgehead atoms. The average Bonchev–Trinajstić information content (AvgIpc) is 2.62. The van der Waals surface area contributed by atoms with Gasteiger partial charge in [0.1, 0.15) is 23.2 Å². The normalized spacial score (nSPS) is 10.8. The van der Waals surface area contributed by atoms with E-state index >= 15 is 0 Å². The molecule has 0 aliphatic carbocycles. The van der Waals surface area contributed by atoms with Crippen molar-refractivity contribution in [3.05, 3.63) is 91.0 Å². The maximum absolute atomic E-state index is 2.31. The molecule has 0 saturated heterocycles. The van der Waals surface area contributed by atoms with Crippen LogP contribution in [0.3, 0.4) is 0 Å². The predicted octanol–water partition coefficient (Wildman–Crippen LogP) is 3.86. The Hall–Kier alpha value is -1.62. The van der Waals surface area contributed by atoms with Gasteiger partial charge in [-0.15, -0.1) is 0 Å². The lowest BCUT2D eigenvalue weighted by Crippen LogP contribution is -2.33. The SMILES string of the molecule is CCC[P+](c1ccccc1)(c1ccccc1)c1ccccc1.[ClH2+]. The number of hydrogen-bond donors (Lipinski definition) is 0. The first-order valence-corrected chi connectivity index (χ1v) is 9.90. The average molecular weight is 343 g/mol. The fourth-order valence-corrected chi connectivity index (χ4v) is 7.60. The molecule has 3 aromatic carbocycles. The Morgan fingerprint density at radius 1 is 0.565 bits per heavy atom. The van der Waals surface area contributed by atoms with Crippen LogP contribution < -0.4 is 15.9 Å². The molecule has 0 fully saturated rings. The summed E-state index contributed by atoms with van der Waals surface area (Å²) >= 11 is 0. The summed E-state index contributed by atoms with van der Waals surface area (Å²) in [6, 6.07) is 33.2. The van der Waals surface area contributed by atoms with Crippen molar-refractivity contribution in [3.63, 3.8) is 0 Å². The van der Waals surface area contributed by atoms with Crippen LogP contribution >= 0.6 is 7.26 Å². The van der Waals surface area contributed by atoms with E-state index in [4.69, 9.17) is 0 Å². The van der Waals surface area contributed by atoms with Crippen molar-refractivity contribution in [1.29, 1.82) is 0 Å². The minimum atomic E-state index is -1.55. The zero-order chi connectivity index (χ0) is 15.3. The van der Waals surface area contributed by atoms with E-state index in [0.717, 1.165) is 0 Å². The first-order valence-electron chi connectivity index (χ1n) is 7.93. The van der Waals surface area contributed by atoms with Crippen molar-refractivity contribution in [2.75, 3.05) is 6.16 Å². The Kier molecular flexibility index (Phi) is 6.39. The van der Waals surface area contributed by atoms with E-state index in [1.807, 2.05) is 0 Å². The first-order chi connectivity index (χ1) is 10.9. The van der Waals surface area contributed by atoms with Crippen LogP contribution in [0.4, 0.5) is 0 Å². The van der Waals surface area contributed by atoms with Gasteiger partial charge in [0.15, 0.2) is 0 Å². The third-order valence-electron chi connectivity index (χ3n) is 4.15. The number of benzene rings is 3. The van der Waals surface area contributed by atoms with Gasteiger partial charge in [-0.2, -0.15) is 0 Å². The van der Waals surface area contributed by atoms with E-state index in [2.05, 4.69) is 97.9 Å². The van der Waals surface area contributed by atoms with Crippen LogP contribution in [0.5, 0.6) is 0 Å². The highest BCUT2D eigenvalue weighted by molar-refractivity contribution is 7.95.